The molecule has 1 heterocycles. The summed E-state index contributed by atoms with van der Waals surface area (Å²) in [7, 11) is 1.74. The van der Waals surface area contributed by atoms with E-state index in [0.29, 0.717) is 6.54 Å². The lowest BCUT2D eigenvalue weighted by Crippen LogP contribution is -2.49. The van der Waals surface area contributed by atoms with Crippen LogP contribution in [-0.4, -0.2) is 54.3 Å². The maximum Gasteiger partial charge on any atom is 0.410 e. The summed E-state index contributed by atoms with van der Waals surface area (Å²) >= 11 is 0. The van der Waals surface area contributed by atoms with Crippen molar-refractivity contribution in [2.75, 3.05) is 26.7 Å². The highest BCUT2D eigenvalue weighted by Crippen LogP contribution is 2.25. The Morgan fingerprint density at radius 3 is 2.36 bits per heavy atom. The van der Waals surface area contributed by atoms with Gasteiger partial charge in [0, 0.05) is 32.2 Å². The minimum absolute atomic E-state index is 0.197. The first kappa shape index (κ1) is 25.1. The number of carbonyl (C=O) groups excluding carboxylic acids is 1. The second-order valence-corrected chi connectivity index (χ2v) is 9.92. The maximum atomic E-state index is 13.1. The van der Waals surface area contributed by atoms with Gasteiger partial charge in [0.1, 0.15) is 11.4 Å². The zero-order valence-electron chi connectivity index (χ0n) is 21.0. The molecule has 0 atom stereocenters. The van der Waals surface area contributed by atoms with Crippen LogP contribution in [-0.2, 0) is 24.1 Å². The molecule has 3 rings (SSSR count). The average molecular weight is 453 g/mol. The van der Waals surface area contributed by atoms with Crippen LogP contribution in [0.4, 0.5) is 4.79 Å². The molecule has 0 saturated carbocycles. The number of methoxy groups -OCH3 is 1. The molecule has 0 N–H and O–H groups in total. The van der Waals surface area contributed by atoms with Crippen LogP contribution in [0.15, 0.2) is 48.5 Å². The molecule has 0 aromatic heterocycles. The molecule has 2 aromatic carbocycles. The van der Waals surface area contributed by atoms with Crippen LogP contribution in [0.25, 0.3) is 0 Å². The van der Waals surface area contributed by atoms with Gasteiger partial charge in [0.05, 0.1) is 7.11 Å². The molecular weight excluding hydrogens is 412 g/mol. The minimum atomic E-state index is -0.494. The van der Waals surface area contributed by atoms with Gasteiger partial charge in [0.2, 0.25) is 0 Å². The maximum absolute atomic E-state index is 13.1. The van der Waals surface area contributed by atoms with Gasteiger partial charge in [-0.15, -0.1) is 0 Å². The number of hydrogen-bond donors (Lipinski definition) is 0. The fourth-order valence-electron chi connectivity index (χ4n) is 4.46. The zero-order chi connectivity index (χ0) is 23.8. The molecule has 0 spiro atoms. The van der Waals surface area contributed by atoms with E-state index in [4.69, 9.17) is 9.47 Å². The molecule has 1 amide bonds. The van der Waals surface area contributed by atoms with Crippen LogP contribution in [0.1, 0.15) is 57.2 Å². The van der Waals surface area contributed by atoms with Crippen LogP contribution < -0.4 is 4.74 Å². The molecule has 0 bridgehead atoms. The molecule has 1 fully saturated rings. The van der Waals surface area contributed by atoms with E-state index in [1.807, 2.05) is 43.9 Å². The molecule has 180 valence electrons. The predicted molar refractivity (Wildman–Crippen MR) is 134 cm³/mol. The first-order valence-electron chi connectivity index (χ1n) is 12.2. The van der Waals surface area contributed by atoms with Crippen molar-refractivity contribution in [2.45, 2.75) is 71.6 Å². The van der Waals surface area contributed by atoms with Gasteiger partial charge in [-0.3, -0.25) is 4.90 Å². The van der Waals surface area contributed by atoms with Crippen LogP contribution in [0.2, 0.25) is 0 Å². The standard InChI is InChI=1S/C28H40N2O3/c1-6-24-13-12-23(20-26(24)32-5)21-29-17-15-25(16-18-29)30(27(31)33-28(2,3)4)19-14-22-10-8-7-9-11-22/h7-13,20,25H,6,14-19,21H2,1-5H3. The molecular formula is C28H40N2O3. The lowest BCUT2D eigenvalue weighted by Gasteiger charge is -2.39. The summed E-state index contributed by atoms with van der Waals surface area (Å²) in [6.07, 6.45) is 3.52. The normalized spacial score (nSPS) is 15.3. The van der Waals surface area contributed by atoms with Crippen LogP contribution in [0.3, 0.4) is 0 Å². The van der Waals surface area contributed by atoms with Crippen molar-refractivity contribution in [3.8, 4) is 5.75 Å². The minimum Gasteiger partial charge on any atom is -0.496 e. The summed E-state index contributed by atoms with van der Waals surface area (Å²) in [4.78, 5) is 17.5. The Morgan fingerprint density at radius 1 is 1.06 bits per heavy atom. The highest BCUT2D eigenvalue weighted by Gasteiger charge is 2.31. The Morgan fingerprint density at radius 2 is 1.76 bits per heavy atom. The third kappa shape index (κ3) is 7.50. The highest BCUT2D eigenvalue weighted by atomic mass is 16.6. The summed E-state index contributed by atoms with van der Waals surface area (Å²) in [5, 5.41) is 0. The molecule has 0 aliphatic carbocycles. The average Bonchev–Trinajstić information content (AvgIpc) is 2.79. The zero-order valence-corrected chi connectivity index (χ0v) is 21.0. The van der Waals surface area contributed by atoms with Crippen molar-refractivity contribution in [3.63, 3.8) is 0 Å². The number of likely N-dealkylation sites (tertiary alicyclic amines) is 1. The van der Waals surface area contributed by atoms with E-state index in [0.717, 1.165) is 51.1 Å². The quantitative estimate of drug-likeness (QED) is 0.515. The summed E-state index contributed by atoms with van der Waals surface area (Å²) < 4.78 is 11.3. The Kier molecular flexibility index (Phi) is 8.79. The van der Waals surface area contributed by atoms with E-state index < -0.39 is 5.60 Å². The third-order valence-corrected chi connectivity index (χ3v) is 6.25. The Bertz CT molecular complexity index is 884. The van der Waals surface area contributed by atoms with E-state index in [2.05, 4.69) is 42.2 Å². The SMILES string of the molecule is CCc1ccc(CN2CCC(N(CCc3ccccc3)C(=O)OC(C)(C)C)CC2)cc1OC. The number of nitrogens with zero attached hydrogens (tertiary/aromatic N) is 2. The van der Waals surface area contributed by atoms with E-state index in [1.165, 1.54) is 16.7 Å². The van der Waals surface area contributed by atoms with Crippen LogP contribution in [0, 0.1) is 0 Å². The Hall–Kier alpha value is -2.53. The van der Waals surface area contributed by atoms with Gasteiger partial charge in [0.25, 0.3) is 0 Å². The summed E-state index contributed by atoms with van der Waals surface area (Å²) in [5.74, 6) is 0.974. The molecule has 0 unspecified atom stereocenters. The first-order valence-corrected chi connectivity index (χ1v) is 12.2. The number of piperidine rings is 1. The second kappa shape index (κ2) is 11.6. The second-order valence-electron chi connectivity index (χ2n) is 9.92. The van der Waals surface area contributed by atoms with Crippen molar-refractivity contribution in [2.24, 2.45) is 0 Å². The molecule has 5 nitrogen and oxygen atoms in total. The van der Waals surface area contributed by atoms with Crippen molar-refractivity contribution in [1.29, 1.82) is 0 Å². The molecule has 2 aromatic rings. The molecule has 5 heteroatoms. The number of ether oxygens (including phenoxy) is 2. The fourth-order valence-corrected chi connectivity index (χ4v) is 4.46. The van der Waals surface area contributed by atoms with E-state index in [9.17, 15) is 4.79 Å². The summed E-state index contributed by atoms with van der Waals surface area (Å²) in [6, 6.07) is 17.1. The first-order chi connectivity index (χ1) is 15.8. The van der Waals surface area contributed by atoms with E-state index >= 15 is 0 Å². The van der Waals surface area contributed by atoms with Gasteiger partial charge in [-0.05, 0) is 69.2 Å². The van der Waals surface area contributed by atoms with Gasteiger partial charge >= 0.3 is 6.09 Å². The fraction of sp³-hybridized carbons (Fsp3) is 0.536. The molecule has 1 aliphatic heterocycles. The molecule has 0 radical (unpaired) electrons. The summed E-state index contributed by atoms with van der Waals surface area (Å²) in [6.45, 7) is 11.5. The van der Waals surface area contributed by atoms with Gasteiger partial charge in [-0.25, -0.2) is 4.79 Å². The van der Waals surface area contributed by atoms with E-state index in [1.54, 1.807) is 7.11 Å². The number of amides is 1. The molecule has 33 heavy (non-hydrogen) atoms. The topological polar surface area (TPSA) is 42.0 Å². The highest BCUT2D eigenvalue weighted by molar-refractivity contribution is 5.68. The van der Waals surface area contributed by atoms with Gasteiger partial charge in [0.15, 0.2) is 0 Å². The van der Waals surface area contributed by atoms with Gasteiger partial charge in [-0.1, -0.05) is 49.4 Å². The number of hydrogen-bond acceptors (Lipinski definition) is 4. The number of rotatable bonds is 8. The largest absolute Gasteiger partial charge is 0.496 e. The Labute approximate surface area is 199 Å². The molecule has 1 saturated heterocycles. The Balaban J connectivity index is 1.61. The van der Waals surface area contributed by atoms with Gasteiger partial charge < -0.3 is 14.4 Å². The van der Waals surface area contributed by atoms with Crippen molar-refractivity contribution in [3.05, 3.63) is 65.2 Å². The van der Waals surface area contributed by atoms with Crippen LogP contribution >= 0.6 is 0 Å². The number of aryl methyl sites for hydroxylation is 1. The summed E-state index contributed by atoms with van der Waals surface area (Å²) in [5.41, 5.74) is 3.27. The number of carbonyl (C=O) groups is 1. The smallest absolute Gasteiger partial charge is 0.410 e. The van der Waals surface area contributed by atoms with E-state index in [-0.39, 0.29) is 12.1 Å². The number of benzene rings is 2. The lowest BCUT2D eigenvalue weighted by atomic mass is 10.0. The van der Waals surface area contributed by atoms with Crippen molar-refractivity contribution >= 4 is 6.09 Å². The monoisotopic (exact) mass is 452 g/mol. The molecule has 1 aliphatic rings. The van der Waals surface area contributed by atoms with Crippen LogP contribution in [0.5, 0.6) is 5.75 Å². The lowest BCUT2D eigenvalue weighted by molar-refractivity contribution is 0.00807. The van der Waals surface area contributed by atoms with Crippen molar-refractivity contribution in [1.82, 2.24) is 9.80 Å². The third-order valence-electron chi connectivity index (χ3n) is 6.25. The predicted octanol–water partition coefficient (Wildman–Crippen LogP) is 5.70. The van der Waals surface area contributed by atoms with Gasteiger partial charge in [-0.2, -0.15) is 0 Å². The van der Waals surface area contributed by atoms with Crippen molar-refractivity contribution < 1.29 is 14.3 Å².